The number of para-hydroxylation sites is 3. The van der Waals surface area contributed by atoms with Crippen LogP contribution in [0.1, 0.15) is 11.1 Å². The number of fused-ring (bicyclic) bond motifs is 6. The first kappa shape index (κ1) is 27.4. The van der Waals surface area contributed by atoms with E-state index in [0.717, 1.165) is 71.9 Å². The lowest BCUT2D eigenvalue weighted by molar-refractivity contribution is 1.18. The van der Waals surface area contributed by atoms with Crippen molar-refractivity contribution in [1.82, 2.24) is 9.13 Å². The first-order chi connectivity index (χ1) is 23.7. The maximum absolute atomic E-state index is 9.70. The van der Waals surface area contributed by atoms with Crippen molar-refractivity contribution in [3.05, 3.63) is 169 Å². The number of aromatic nitrogens is 2. The van der Waals surface area contributed by atoms with Crippen LogP contribution in [0.4, 0.5) is 0 Å². The fourth-order valence-electron chi connectivity index (χ4n) is 7.23. The highest BCUT2D eigenvalue weighted by molar-refractivity contribution is 6.14. The molecule has 7 aromatic carbocycles. The van der Waals surface area contributed by atoms with Crippen LogP contribution in [0.25, 0.3) is 77.2 Å². The van der Waals surface area contributed by atoms with Crippen molar-refractivity contribution in [3.63, 3.8) is 0 Å². The van der Waals surface area contributed by atoms with Gasteiger partial charge in [0.2, 0.25) is 0 Å². The van der Waals surface area contributed by atoms with E-state index in [1.807, 2.05) is 36.4 Å². The van der Waals surface area contributed by atoms with Gasteiger partial charge in [-0.05, 0) is 89.5 Å². The monoisotopic (exact) mass is 610 g/mol. The Morgan fingerprint density at radius 2 is 1.00 bits per heavy atom. The van der Waals surface area contributed by atoms with E-state index in [9.17, 15) is 10.5 Å². The van der Waals surface area contributed by atoms with Gasteiger partial charge in [-0.3, -0.25) is 0 Å². The molecule has 0 saturated heterocycles. The fraction of sp³-hybridized carbons (Fsp3) is 0. The Morgan fingerprint density at radius 3 is 1.88 bits per heavy atom. The van der Waals surface area contributed by atoms with Crippen LogP contribution in [-0.2, 0) is 0 Å². The van der Waals surface area contributed by atoms with Gasteiger partial charge in [-0.2, -0.15) is 10.5 Å². The number of nitrogens with zero attached hydrogens (tertiary/aromatic N) is 4. The summed E-state index contributed by atoms with van der Waals surface area (Å²) in [5.74, 6) is 0. The van der Waals surface area contributed by atoms with Gasteiger partial charge in [-0.1, -0.05) is 84.9 Å². The lowest BCUT2D eigenvalue weighted by Gasteiger charge is -2.13. The molecule has 0 spiro atoms. The van der Waals surface area contributed by atoms with Crippen molar-refractivity contribution in [2.24, 2.45) is 0 Å². The third kappa shape index (κ3) is 4.22. The molecule has 0 atom stereocenters. The second-order valence-corrected chi connectivity index (χ2v) is 12.0. The van der Waals surface area contributed by atoms with Crippen LogP contribution < -0.4 is 0 Å². The average Bonchev–Trinajstić information content (AvgIpc) is 3.67. The first-order valence-corrected chi connectivity index (χ1v) is 15.9. The van der Waals surface area contributed by atoms with Gasteiger partial charge in [0.1, 0.15) is 0 Å². The largest absolute Gasteiger partial charge is 0.309 e. The smallest absolute Gasteiger partial charge is 0.0992 e. The van der Waals surface area contributed by atoms with Crippen molar-refractivity contribution in [2.75, 3.05) is 0 Å². The zero-order chi connectivity index (χ0) is 32.2. The highest BCUT2D eigenvalue weighted by Crippen LogP contribution is 2.40. The van der Waals surface area contributed by atoms with Crippen molar-refractivity contribution in [1.29, 1.82) is 10.5 Å². The van der Waals surface area contributed by atoms with E-state index in [4.69, 9.17) is 0 Å². The minimum atomic E-state index is 0.638. The predicted molar refractivity (Wildman–Crippen MR) is 195 cm³/mol. The van der Waals surface area contributed by atoms with E-state index in [1.165, 1.54) is 5.39 Å². The SMILES string of the molecule is N#Cc1cccc(-n2c3ccccc3c3cc(-c4cccc(-c5cccc6c7cc(C#N)ccc7n(-c7ccccc7)c56)c4)ccc32)c1. The van der Waals surface area contributed by atoms with Crippen LogP contribution in [0, 0.1) is 22.7 Å². The summed E-state index contributed by atoms with van der Waals surface area (Å²) in [7, 11) is 0. The molecule has 9 aromatic rings. The minimum Gasteiger partial charge on any atom is -0.309 e. The van der Waals surface area contributed by atoms with Crippen LogP contribution in [-0.4, -0.2) is 9.13 Å². The standard InChI is InChI=1S/C44H26N4/c45-27-29-9-6-14-35(23-29)47-41-18-5-4-15-37(41)40-26-32(20-22-42(40)47)31-10-7-11-33(25-31)36-16-8-17-38-39-24-30(28-46)19-21-43(39)48(44(36)38)34-12-2-1-3-13-34/h1-26H. The third-order valence-corrected chi connectivity index (χ3v) is 9.34. The van der Waals surface area contributed by atoms with Gasteiger partial charge >= 0.3 is 0 Å². The molecule has 0 radical (unpaired) electrons. The lowest BCUT2D eigenvalue weighted by Crippen LogP contribution is -1.95. The molecule has 4 nitrogen and oxygen atoms in total. The Labute approximate surface area is 277 Å². The molecule has 0 aliphatic carbocycles. The lowest BCUT2D eigenvalue weighted by atomic mass is 9.96. The molecule has 2 aromatic heterocycles. The summed E-state index contributed by atoms with van der Waals surface area (Å²) in [4.78, 5) is 0. The molecule has 2 heterocycles. The number of benzene rings is 7. The fourth-order valence-corrected chi connectivity index (χ4v) is 7.23. The molecule has 48 heavy (non-hydrogen) atoms. The predicted octanol–water partition coefficient (Wildman–Crippen LogP) is 11.0. The van der Waals surface area contributed by atoms with Crippen molar-refractivity contribution >= 4 is 43.6 Å². The Morgan fingerprint density at radius 1 is 0.375 bits per heavy atom. The summed E-state index contributed by atoms with van der Waals surface area (Å²) >= 11 is 0. The highest BCUT2D eigenvalue weighted by Gasteiger charge is 2.18. The number of hydrogen-bond acceptors (Lipinski definition) is 2. The summed E-state index contributed by atoms with van der Waals surface area (Å²) in [6.45, 7) is 0. The molecule has 0 aliphatic rings. The summed E-state index contributed by atoms with van der Waals surface area (Å²) in [6, 6.07) is 59.1. The molecule has 0 N–H and O–H groups in total. The summed E-state index contributed by atoms with van der Waals surface area (Å²) in [5, 5.41) is 23.8. The van der Waals surface area contributed by atoms with E-state index >= 15 is 0 Å². The summed E-state index contributed by atoms with van der Waals surface area (Å²) in [5.41, 5.74) is 12.2. The Kier molecular flexibility index (Phi) is 6.22. The van der Waals surface area contributed by atoms with Crippen LogP contribution in [0.2, 0.25) is 0 Å². The van der Waals surface area contributed by atoms with E-state index in [-0.39, 0.29) is 0 Å². The number of nitriles is 2. The average molecular weight is 611 g/mol. The van der Waals surface area contributed by atoms with E-state index in [0.29, 0.717) is 11.1 Å². The molecular formula is C44H26N4. The Balaban J connectivity index is 1.24. The van der Waals surface area contributed by atoms with Gasteiger partial charge in [0, 0.05) is 38.5 Å². The van der Waals surface area contributed by atoms with Gasteiger partial charge in [0.15, 0.2) is 0 Å². The van der Waals surface area contributed by atoms with E-state index < -0.39 is 0 Å². The summed E-state index contributed by atoms with van der Waals surface area (Å²) < 4.78 is 4.56. The van der Waals surface area contributed by atoms with Crippen LogP contribution in [0.5, 0.6) is 0 Å². The van der Waals surface area contributed by atoms with E-state index in [1.54, 1.807) is 0 Å². The van der Waals surface area contributed by atoms with Gasteiger partial charge in [0.25, 0.3) is 0 Å². The second-order valence-electron chi connectivity index (χ2n) is 12.0. The topological polar surface area (TPSA) is 57.4 Å². The van der Waals surface area contributed by atoms with Crippen LogP contribution in [0.15, 0.2) is 158 Å². The molecule has 0 fully saturated rings. The zero-order valence-corrected chi connectivity index (χ0v) is 25.8. The Hall–Kier alpha value is -6.88. The maximum Gasteiger partial charge on any atom is 0.0992 e. The van der Waals surface area contributed by atoms with Crippen LogP contribution in [0.3, 0.4) is 0 Å². The normalized spacial score (nSPS) is 11.3. The maximum atomic E-state index is 9.70. The van der Waals surface area contributed by atoms with Gasteiger partial charge in [-0.25, -0.2) is 0 Å². The molecule has 0 aliphatic heterocycles. The van der Waals surface area contributed by atoms with Gasteiger partial charge in [-0.15, -0.1) is 0 Å². The quantitative estimate of drug-likeness (QED) is 0.199. The molecule has 0 unspecified atom stereocenters. The minimum absolute atomic E-state index is 0.638. The molecule has 222 valence electrons. The van der Waals surface area contributed by atoms with Crippen molar-refractivity contribution < 1.29 is 0 Å². The Bertz CT molecular complexity index is 2800. The molecular weight excluding hydrogens is 585 g/mol. The molecule has 4 heteroatoms. The van der Waals surface area contributed by atoms with Crippen molar-refractivity contribution in [3.8, 4) is 45.8 Å². The molecule has 0 saturated carbocycles. The first-order valence-electron chi connectivity index (χ1n) is 15.9. The van der Waals surface area contributed by atoms with E-state index in [2.05, 4.69) is 143 Å². The third-order valence-electron chi connectivity index (χ3n) is 9.34. The molecule has 0 bridgehead atoms. The molecule has 9 rings (SSSR count). The van der Waals surface area contributed by atoms with Crippen LogP contribution >= 0.6 is 0 Å². The van der Waals surface area contributed by atoms with Gasteiger partial charge in [0.05, 0.1) is 45.3 Å². The second kappa shape index (κ2) is 10.9. The summed E-state index contributed by atoms with van der Waals surface area (Å²) in [6.07, 6.45) is 0. The van der Waals surface area contributed by atoms with Crippen molar-refractivity contribution in [2.45, 2.75) is 0 Å². The highest BCUT2D eigenvalue weighted by atomic mass is 15.0. The molecule has 0 amide bonds. The van der Waals surface area contributed by atoms with Gasteiger partial charge < -0.3 is 9.13 Å². The number of rotatable bonds is 4. The zero-order valence-electron chi connectivity index (χ0n) is 25.8. The number of hydrogen-bond donors (Lipinski definition) is 0.